The van der Waals surface area contributed by atoms with Gasteiger partial charge in [0.15, 0.2) is 0 Å². The van der Waals surface area contributed by atoms with Gasteiger partial charge in [0.25, 0.3) is 0 Å². The van der Waals surface area contributed by atoms with E-state index >= 15 is 0 Å². The highest BCUT2D eigenvalue weighted by Crippen LogP contribution is 2.36. The molecule has 1 N–H and O–H groups in total. The molecule has 0 aliphatic rings. The number of nitrogens with one attached hydrogen (secondary N) is 1. The fraction of sp³-hybridized carbons (Fsp3) is 0.538. The van der Waals surface area contributed by atoms with Crippen molar-refractivity contribution >= 4 is 47.8 Å². The zero-order valence-corrected chi connectivity index (χ0v) is 15.5. The largest absolute Gasteiger partial charge is 0.490 e. The molecule has 5 heteroatoms. The van der Waals surface area contributed by atoms with Gasteiger partial charge in [0, 0.05) is 10.5 Å². The second kappa shape index (κ2) is 7.88. The number of ether oxygens (including phenoxy) is 1. The third kappa shape index (κ3) is 4.51. The molecule has 2 unspecified atom stereocenters. The van der Waals surface area contributed by atoms with Crippen molar-refractivity contribution < 1.29 is 4.74 Å². The minimum atomic E-state index is 0.359. The fourth-order valence-corrected chi connectivity index (χ4v) is 4.14. The molecule has 0 aliphatic heterocycles. The van der Waals surface area contributed by atoms with E-state index < -0.39 is 0 Å². The summed E-state index contributed by atoms with van der Waals surface area (Å²) in [5.41, 5.74) is 0. The second-order valence-corrected chi connectivity index (χ2v) is 6.91. The normalized spacial score (nSPS) is 14.3. The van der Waals surface area contributed by atoms with Crippen LogP contribution in [0.5, 0.6) is 5.75 Å². The zero-order chi connectivity index (χ0) is 13.7. The van der Waals surface area contributed by atoms with Gasteiger partial charge >= 0.3 is 0 Å². The van der Waals surface area contributed by atoms with Crippen LogP contribution in [0, 0.1) is 5.92 Å². The first-order valence-corrected chi connectivity index (χ1v) is 8.32. The van der Waals surface area contributed by atoms with E-state index in [4.69, 9.17) is 4.74 Å². The summed E-state index contributed by atoms with van der Waals surface area (Å²) in [7, 11) is 1.98. The molecule has 0 saturated carbocycles. The van der Waals surface area contributed by atoms with Gasteiger partial charge in [-0.05, 0) is 57.0 Å². The summed E-state index contributed by atoms with van der Waals surface area (Å²) in [5.74, 6) is 1.43. The number of hydrogen-bond donors (Lipinski definition) is 1. The minimum absolute atomic E-state index is 0.359. The maximum Gasteiger partial charge on any atom is 0.147 e. The summed E-state index contributed by atoms with van der Waals surface area (Å²) < 4.78 is 8.83. The number of benzene rings is 1. The molecule has 0 aliphatic carbocycles. The second-order valence-electron chi connectivity index (χ2n) is 4.29. The molecule has 0 fully saturated rings. The van der Waals surface area contributed by atoms with Crippen molar-refractivity contribution in [2.45, 2.75) is 26.3 Å². The van der Waals surface area contributed by atoms with Gasteiger partial charge < -0.3 is 10.1 Å². The average molecular weight is 444 g/mol. The molecule has 0 spiro atoms. The summed E-state index contributed by atoms with van der Waals surface area (Å²) in [5, 5.41) is 3.31. The van der Waals surface area contributed by atoms with Crippen molar-refractivity contribution in [1.82, 2.24) is 5.32 Å². The van der Waals surface area contributed by atoms with Crippen molar-refractivity contribution in [2.75, 3.05) is 13.7 Å². The van der Waals surface area contributed by atoms with Gasteiger partial charge in [-0.15, -0.1) is 0 Å². The summed E-state index contributed by atoms with van der Waals surface area (Å²) in [6.07, 6.45) is 1.14. The quantitative estimate of drug-likeness (QED) is 0.669. The Kier molecular flexibility index (Phi) is 7.21. The van der Waals surface area contributed by atoms with E-state index in [2.05, 4.69) is 67.0 Å². The van der Waals surface area contributed by atoms with Gasteiger partial charge in [-0.3, -0.25) is 0 Å². The summed E-state index contributed by atoms with van der Waals surface area (Å²) >= 11 is 10.5. The van der Waals surface area contributed by atoms with Crippen LogP contribution in [0.25, 0.3) is 0 Å². The Morgan fingerprint density at radius 1 is 1.22 bits per heavy atom. The number of rotatable bonds is 6. The van der Waals surface area contributed by atoms with Crippen LogP contribution in [0.15, 0.2) is 25.6 Å². The van der Waals surface area contributed by atoms with E-state index in [0.717, 1.165) is 25.6 Å². The number of halogens is 3. The predicted molar refractivity (Wildman–Crippen MR) is 87.3 cm³/mol. The fourth-order valence-electron chi connectivity index (χ4n) is 1.66. The molecule has 0 radical (unpaired) electrons. The van der Waals surface area contributed by atoms with Crippen molar-refractivity contribution in [3.8, 4) is 5.75 Å². The Hall–Kier alpha value is 0.420. The molecule has 0 saturated heterocycles. The van der Waals surface area contributed by atoms with Crippen LogP contribution >= 0.6 is 47.8 Å². The Labute approximate surface area is 134 Å². The predicted octanol–water partition coefficient (Wildman–Crippen LogP) is 4.99. The lowest BCUT2D eigenvalue weighted by Gasteiger charge is -2.23. The molecule has 1 rings (SSSR count). The van der Waals surface area contributed by atoms with Crippen molar-refractivity contribution in [1.29, 1.82) is 0 Å². The molecule has 2 nitrogen and oxygen atoms in total. The molecule has 2 atom stereocenters. The van der Waals surface area contributed by atoms with Crippen LogP contribution in [0.3, 0.4) is 0 Å². The first kappa shape index (κ1) is 16.5. The monoisotopic (exact) mass is 441 g/mol. The SMILES string of the molecule is CCC(C)C(COc1c(Br)cc(Br)cc1Br)NC. The molecular weight excluding hydrogens is 426 g/mol. The smallest absolute Gasteiger partial charge is 0.147 e. The lowest BCUT2D eigenvalue weighted by molar-refractivity contribution is 0.226. The van der Waals surface area contributed by atoms with Crippen LogP contribution in [0.4, 0.5) is 0 Å². The molecule has 0 aromatic heterocycles. The molecule has 102 valence electrons. The number of hydrogen-bond acceptors (Lipinski definition) is 2. The Morgan fingerprint density at radius 2 is 1.78 bits per heavy atom. The molecule has 1 aromatic rings. The van der Waals surface area contributed by atoms with Crippen molar-refractivity contribution in [3.63, 3.8) is 0 Å². The van der Waals surface area contributed by atoms with Crippen LogP contribution in [0.1, 0.15) is 20.3 Å². The van der Waals surface area contributed by atoms with Gasteiger partial charge in [0.05, 0.1) is 8.95 Å². The van der Waals surface area contributed by atoms with E-state index in [-0.39, 0.29) is 0 Å². The summed E-state index contributed by atoms with van der Waals surface area (Å²) in [4.78, 5) is 0. The first-order valence-electron chi connectivity index (χ1n) is 5.94. The van der Waals surface area contributed by atoms with E-state index in [9.17, 15) is 0 Å². The summed E-state index contributed by atoms with van der Waals surface area (Å²) in [6.45, 7) is 5.08. The van der Waals surface area contributed by atoms with Gasteiger partial charge in [-0.1, -0.05) is 36.2 Å². The third-order valence-electron chi connectivity index (χ3n) is 3.07. The minimum Gasteiger partial charge on any atom is -0.490 e. The van der Waals surface area contributed by atoms with Crippen molar-refractivity contribution in [2.24, 2.45) is 5.92 Å². The highest BCUT2D eigenvalue weighted by atomic mass is 79.9. The Bertz CT molecular complexity index is 375. The van der Waals surface area contributed by atoms with Crippen LogP contribution in [-0.4, -0.2) is 19.7 Å². The third-order valence-corrected chi connectivity index (χ3v) is 4.71. The Morgan fingerprint density at radius 3 is 2.22 bits per heavy atom. The van der Waals surface area contributed by atoms with E-state index in [0.29, 0.717) is 18.6 Å². The molecular formula is C13H18Br3NO. The molecule has 1 aromatic carbocycles. The molecule has 0 heterocycles. The summed E-state index contributed by atoms with van der Waals surface area (Å²) in [6, 6.07) is 4.33. The molecule has 0 amide bonds. The maximum absolute atomic E-state index is 5.92. The van der Waals surface area contributed by atoms with Crippen LogP contribution in [0.2, 0.25) is 0 Å². The van der Waals surface area contributed by atoms with Gasteiger partial charge in [-0.25, -0.2) is 0 Å². The highest BCUT2D eigenvalue weighted by Gasteiger charge is 2.16. The van der Waals surface area contributed by atoms with Gasteiger partial charge in [-0.2, -0.15) is 0 Å². The average Bonchev–Trinajstić information content (AvgIpc) is 2.31. The van der Waals surface area contributed by atoms with Gasteiger partial charge in [0.2, 0.25) is 0 Å². The maximum atomic E-state index is 5.92. The van der Waals surface area contributed by atoms with E-state index in [1.165, 1.54) is 0 Å². The topological polar surface area (TPSA) is 21.3 Å². The Balaban J connectivity index is 2.74. The van der Waals surface area contributed by atoms with Crippen LogP contribution < -0.4 is 10.1 Å². The van der Waals surface area contributed by atoms with E-state index in [1.807, 2.05) is 19.2 Å². The molecule has 18 heavy (non-hydrogen) atoms. The van der Waals surface area contributed by atoms with Crippen molar-refractivity contribution in [3.05, 3.63) is 25.6 Å². The highest BCUT2D eigenvalue weighted by molar-refractivity contribution is 9.11. The molecule has 0 bridgehead atoms. The van der Waals surface area contributed by atoms with E-state index in [1.54, 1.807) is 0 Å². The lowest BCUT2D eigenvalue weighted by Crippen LogP contribution is -2.37. The number of likely N-dealkylation sites (N-methyl/N-ethyl adjacent to an activating group) is 1. The van der Waals surface area contributed by atoms with Crippen LogP contribution in [-0.2, 0) is 0 Å². The standard InChI is InChI=1S/C13H18Br3NO/c1-4-8(2)12(17-3)7-18-13-10(15)5-9(14)6-11(13)16/h5-6,8,12,17H,4,7H2,1-3H3. The zero-order valence-electron chi connectivity index (χ0n) is 10.8. The lowest BCUT2D eigenvalue weighted by atomic mass is 10.0. The van der Waals surface area contributed by atoms with Gasteiger partial charge in [0.1, 0.15) is 12.4 Å². The first-order chi connectivity index (χ1) is 8.49.